The van der Waals surface area contributed by atoms with E-state index in [1.165, 1.54) is 4.90 Å². The molecule has 0 radical (unpaired) electrons. The Bertz CT molecular complexity index is 780. The fraction of sp³-hybridized carbons (Fsp3) is 0.263. The lowest BCUT2D eigenvalue weighted by atomic mass is 10.1. The van der Waals surface area contributed by atoms with Gasteiger partial charge < -0.3 is 10.2 Å². The number of amides is 2. The predicted octanol–water partition coefficient (Wildman–Crippen LogP) is 4.44. The van der Waals surface area contributed by atoms with Crippen LogP contribution < -0.4 is 5.32 Å². The minimum absolute atomic E-state index is 0.0108. The molecule has 25 heavy (non-hydrogen) atoms. The van der Waals surface area contributed by atoms with Crippen LogP contribution in [-0.4, -0.2) is 30.3 Å². The average molecular weight is 424 g/mol. The van der Waals surface area contributed by atoms with Crippen molar-refractivity contribution >= 4 is 45.0 Å². The van der Waals surface area contributed by atoms with E-state index in [-0.39, 0.29) is 18.4 Å². The summed E-state index contributed by atoms with van der Waals surface area (Å²) in [6.45, 7) is 1.93. The average Bonchev–Trinajstić information content (AvgIpc) is 2.56. The summed E-state index contributed by atoms with van der Waals surface area (Å²) in [6.07, 6.45) is 0.862. The zero-order valence-corrected chi connectivity index (χ0v) is 16.5. The van der Waals surface area contributed by atoms with E-state index >= 15 is 0 Å². The Hall–Kier alpha value is -1.85. The van der Waals surface area contributed by atoms with Gasteiger partial charge in [0.15, 0.2) is 0 Å². The molecule has 0 heterocycles. The second-order valence-corrected chi connectivity index (χ2v) is 7.17. The van der Waals surface area contributed by atoms with Crippen LogP contribution in [0.5, 0.6) is 0 Å². The molecule has 132 valence electrons. The molecule has 0 bridgehead atoms. The molecule has 0 aromatic heterocycles. The van der Waals surface area contributed by atoms with Crippen LogP contribution in [0.25, 0.3) is 0 Å². The molecular formula is C19H20BrClN2O2. The van der Waals surface area contributed by atoms with Gasteiger partial charge in [-0.25, -0.2) is 0 Å². The number of hydrogen-bond acceptors (Lipinski definition) is 2. The summed E-state index contributed by atoms with van der Waals surface area (Å²) < 4.78 is 0.954. The maximum atomic E-state index is 12.2. The molecule has 0 aliphatic rings. The van der Waals surface area contributed by atoms with Crippen molar-refractivity contribution in [3.8, 4) is 0 Å². The second-order valence-electron chi connectivity index (χ2n) is 5.85. The van der Waals surface area contributed by atoms with Crippen molar-refractivity contribution < 1.29 is 9.59 Å². The van der Waals surface area contributed by atoms with Gasteiger partial charge in [0.25, 0.3) is 0 Å². The molecule has 4 nitrogen and oxygen atoms in total. The largest absolute Gasteiger partial charge is 0.336 e. The number of likely N-dealkylation sites (N-methyl/N-ethyl adjacent to an activating group) is 1. The van der Waals surface area contributed by atoms with Crippen LogP contribution in [0.2, 0.25) is 5.02 Å². The van der Waals surface area contributed by atoms with Crippen molar-refractivity contribution in [1.82, 2.24) is 4.90 Å². The molecule has 0 fully saturated rings. The molecule has 0 unspecified atom stereocenters. The molecule has 1 N–H and O–H groups in total. The Morgan fingerprint density at radius 1 is 1.20 bits per heavy atom. The minimum atomic E-state index is -0.223. The normalized spacial score (nSPS) is 10.4. The highest BCUT2D eigenvalue weighted by atomic mass is 79.9. The highest BCUT2D eigenvalue weighted by molar-refractivity contribution is 9.10. The van der Waals surface area contributed by atoms with E-state index in [0.29, 0.717) is 17.9 Å². The van der Waals surface area contributed by atoms with Crippen LogP contribution in [0.4, 0.5) is 5.69 Å². The highest BCUT2D eigenvalue weighted by Crippen LogP contribution is 2.20. The van der Waals surface area contributed by atoms with E-state index in [1.54, 1.807) is 13.1 Å². The number of benzene rings is 2. The van der Waals surface area contributed by atoms with Crippen LogP contribution in [0.3, 0.4) is 0 Å². The lowest BCUT2D eigenvalue weighted by molar-refractivity contribution is -0.133. The SMILES string of the molecule is Cc1cc(Br)ccc1NC(=O)CN(C)C(=O)CCc1ccccc1Cl. The van der Waals surface area contributed by atoms with E-state index in [0.717, 1.165) is 21.3 Å². The third kappa shape index (κ3) is 5.87. The lowest BCUT2D eigenvalue weighted by Gasteiger charge is -2.17. The quantitative estimate of drug-likeness (QED) is 0.746. The second kappa shape index (κ2) is 9.02. The number of carbonyl (C=O) groups is 2. The maximum Gasteiger partial charge on any atom is 0.243 e. The molecule has 2 aromatic rings. The topological polar surface area (TPSA) is 49.4 Å². The fourth-order valence-corrected chi connectivity index (χ4v) is 3.10. The number of halogens is 2. The van der Waals surface area contributed by atoms with Gasteiger partial charge in [-0.2, -0.15) is 0 Å². The van der Waals surface area contributed by atoms with Gasteiger partial charge in [-0.1, -0.05) is 45.7 Å². The van der Waals surface area contributed by atoms with E-state index in [9.17, 15) is 9.59 Å². The number of nitrogens with one attached hydrogen (secondary N) is 1. The van der Waals surface area contributed by atoms with Crippen molar-refractivity contribution in [1.29, 1.82) is 0 Å². The molecule has 2 amide bonds. The Kier molecular flexibility index (Phi) is 7.02. The van der Waals surface area contributed by atoms with Gasteiger partial charge in [0.1, 0.15) is 0 Å². The van der Waals surface area contributed by atoms with Crippen LogP contribution in [0.15, 0.2) is 46.9 Å². The van der Waals surface area contributed by atoms with Gasteiger partial charge in [-0.05, 0) is 48.7 Å². The molecule has 6 heteroatoms. The summed E-state index contributed by atoms with van der Waals surface area (Å²) in [5.41, 5.74) is 2.63. The van der Waals surface area contributed by atoms with Crippen molar-refractivity contribution in [3.05, 3.63) is 63.1 Å². The van der Waals surface area contributed by atoms with Crippen molar-refractivity contribution in [3.63, 3.8) is 0 Å². The first kappa shape index (κ1) is 19.5. The predicted molar refractivity (Wildman–Crippen MR) is 105 cm³/mol. The Morgan fingerprint density at radius 2 is 1.92 bits per heavy atom. The van der Waals surface area contributed by atoms with E-state index in [2.05, 4.69) is 21.2 Å². The van der Waals surface area contributed by atoms with Gasteiger partial charge in [-0.3, -0.25) is 9.59 Å². The van der Waals surface area contributed by atoms with Crippen LogP contribution in [-0.2, 0) is 16.0 Å². The van der Waals surface area contributed by atoms with Gasteiger partial charge >= 0.3 is 0 Å². The number of rotatable bonds is 6. The van der Waals surface area contributed by atoms with Crippen LogP contribution in [0.1, 0.15) is 17.5 Å². The first-order valence-corrected chi connectivity index (χ1v) is 9.07. The van der Waals surface area contributed by atoms with Crippen molar-refractivity contribution in [2.45, 2.75) is 19.8 Å². The monoisotopic (exact) mass is 422 g/mol. The van der Waals surface area contributed by atoms with Gasteiger partial charge in [0.2, 0.25) is 11.8 Å². The van der Waals surface area contributed by atoms with E-state index < -0.39 is 0 Å². The van der Waals surface area contributed by atoms with Crippen molar-refractivity contribution in [2.24, 2.45) is 0 Å². The lowest BCUT2D eigenvalue weighted by Crippen LogP contribution is -2.35. The number of carbonyl (C=O) groups excluding carboxylic acids is 2. The molecule has 0 aliphatic heterocycles. The summed E-state index contributed by atoms with van der Waals surface area (Å²) in [5.74, 6) is -0.318. The first-order valence-electron chi connectivity index (χ1n) is 7.90. The highest BCUT2D eigenvalue weighted by Gasteiger charge is 2.14. The Balaban J connectivity index is 1.85. The maximum absolute atomic E-state index is 12.2. The molecule has 2 aromatic carbocycles. The summed E-state index contributed by atoms with van der Waals surface area (Å²) >= 11 is 9.48. The van der Waals surface area contributed by atoms with Crippen molar-refractivity contribution in [2.75, 3.05) is 18.9 Å². The Labute approximate surface area is 161 Å². The number of nitrogens with zero attached hydrogens (tertiary/aromatic N) is 1. The molecular weight excluding hydrogens is 404 g/mol. The fourth-order valence-electron chi connectivity index (χ4n) is 2.39. The minimum Gasteiger partial charge on any atom is -0.336 e. The smallest absolute Gasteiger partial charge is 0.243 e. The number of hydrogen-bond donors (Lipinski definition) is 1. The van der Waals surface area contributed by atoms with Gasteiger partial charge in [0.05, 0.1) is 6.54 Å². The molecule has 0 atom stereocenters. The number of anilines is 1. The summed E-state index contributed by atoms with van der Waals surface area (Å²) in [5, 5.41) is 3.49. The van der Waals surface area contributed by atoms with Crippen LogP contribution in [0, 0.1) is 6.92 Å². The third-order valence-corrected chi connectivity index (χ3v) is 4.70. The zero-order chi connectivity index (χ0) is 18.4. The van der Waals surface area contributed by atoms with Gasteiger partial charge in [-0.15, -0.1) is 0 Å². The summed E-state index contributed by atoms with van der Waals surface area (Å²) in [4.78, 5) is 25.8. The molecule has 2 rings (SSSR count). The standard InChI is InChI=1S/C19H20BrClN2O2/c1-13-11-15(20)8-9-17(13)22-18(24)12-23(2)19(25)10-7-14-5-3-4-6-16(14)21/h3-6,8-9,11H,7,10,12H2,1-2H3,(H,22,24). The first-order chi connectivity index (χ1) is 11.9. The molecule has 0 spiro atoms. The summed E-state index contributed by atoms with van der Waals surface area (Å²) in [7, 11) is 1.63. The number of aryl methyl sites for hydroxylation is 2. The summed E-state index contributed by atoms with van der Waals surface area (Å²) in [6, 6.07) is 13.1. The molecule has 0 saturated carbocycles. The Morgan fingerprint density at radius 3 is 2.60 bits per heavy atom. The van der Waals surface area contributed by atoms with Gasteiger partial charge in [0, 0.05) is 28.7 Å². The third-order valence-electron chi connectivity index (χ3n) is 3.84. The zero-order valence-electron chi connectivity index (χ0n) is 14.2. The molecule has 0 saturated heterocycles. The van der Waals surface area contributed by atoms with E-state index in [1.807, 2.05) is 43.3 Å². The van der Waals surface area contributed by atoms with E-state index in [4.69, 9.17) is 11.6 Å². The van der Waals surface area contributed by atoms with Crippen LogP contribution >= 0.6 is 27.5 Å². The molecule has 0 aliphatic carbocycles.